The van der Waals surface area contributed by atoms with E-state index in [-0.39, 0.29) is 0 Å². The molecule has 0 aliphatic heterocycles. The molecular weight excluding hydrogens is 414 g/mol. The molecule has 3 aromatic heterocycles. The summed E-state index contributed by atoms with van der Waals surface area (Å²) < 4.78 is 7.41. The molecule has 3 aromatic rings. The van der Waals surface area contributed by atoms with Crippen LogP contribution in [0.3, 0.4) is 0 Å². The van der Waals surface area contributed by atoms with E-state index < -0.39 is 0 Å². The Labute approximate surface area is 197 Å². The summed E-state index contributed by atoms with van der Waals surface area (Å²) in [6.07, 6.45) is 8.84. The van der Waals surface area contributed by atoms with E-state index in [1.165, 1.54) is 31.2 Å². The maximum atomic E-state index is 5.52. The predicted octanol–water partition coefficient (Wildman–Crippen LogP) is 4.51. The van der Waals surface area contributed by atoms with Crippen LogP contribution in [0, 0.1) is 12.8 Å². The molecule has 0 unspecified atom stereocenters. The zero-order chi connectivity index (χ0) is 23.4. The molecule has 0 N–H and O–H groups in total. The van der Waals surface area contributed by atoms with Gasteiger partial charge in [-0.15, -0.1) is 0 Å². The number of aryl methyl sites for hydroxylation is 2. The highest BCUT2D eigenvalue weighted by atomic mass is 16.5. The van der Waals surface area contributed by atoms with Crippen LogP contribution in [0.5, 0.6) is 5.75 Å². The molecule has 0 spiro atoms. The van der Waals surface area contributed by atoms with Crippen LogP contribution in [-0.2, 0) is 13.6 Å². The number of aromatic nitrogens is 5. The van der Waals surface area contributed by atoms with Gasteiger partial charge in [-0.2, -0.15) is 5.10 Å². The van der Waals surface area contributed by atoms with Gasteiger partial charge >= 0.3 is 0 Å². The molecule has 8 heteroatoms. The Morgan fingerprint density at radius 1 is 1.06 bits per heavy atom. The third-order valence-electron chi connectivity index (χ3n) is 6.64. The monoisotopic (exact) mass is 451 g/mol. The fourth-order valence-corrected chi connectivity index (χ4v) is 4.88. The van der Waals surface area contributed by atoms with E-state index in [1.807, 2.05) is 18.7 Å². The van der Waals surface area contributed by atoms with Gasteiger partial charge in [0, 0.05) is 44.2 Å². The molecule has 3 heterocycles. The van der Waals surface area contributed by atoms with Crippen molar-refractivity contribution in [2.24, 2.45) is 13.0 Å². The molecule has 8 nitrogen and oxygen atoms in total. The van der Waals surface area contributed by atoms with Gasteiger partial charge in [0.05, 0.1) is 24.7 Å². The lowest BCUT2D eigenvalue weighted by molar-refractivity contribution is 0.337. The van der Waals surface area contributed by atoms with Crippen molar-refractivity contribution in [3.05, 3.63) is 29.7 Å². The minimum absolute atomic E-state index is 0.605. The Kier molecular flexibility index (Phi) is 7.30. The summed E-state index contributed by atoms with van der Waals surface area (Å²) in [6.45, 7) is 12.5. The molecule has 0 bridgehead atoms. The number of nitrogens with zero attached hydrogens (tertiary/aromatic N) is 7. The van der Waals surface area contributed by atoms with Crippen molar-refractivity contribution in [2.75, 3.05) is 36.0 Å². The lowest BCUT2D eigenvalue weighted by Crippen LogP contribution is -2.32. The highest BCUT2D eigenvalue weighted by Crippen LogP contribution is 2.31. The zero-order valence-corrected chi connectivity index (χ0v) is 20.7. The van der Waals surface area contributed by atoms with E-state index in [0.29, 0.717) is 24.8 Å². The smallest absolute Gasteiger partial charge is 0.225 e. The van der Waals surface area contributed by atoms with Gasteiger partial charge in [-0.3, -0.25) is 4.68 Å². The highest BCUT2D eigenvalue weighted by molar-refractivity contribution is 5.81. The van der Waals surface area contributed by atoms with E-state index in [2.05, 4.69) is 51.7 Å². The standard InChI is InChI=1S/C25H37N7O/c1-6-31(16-19-11-9-10-12-19)23-20(13-22-18(4)29-30(5)24(22)28-23)17-32(7-2)25-26-14-21(15-27-25)33-8-3/h13-15,19H,6-12,16-17H2,1-5H3. The maximum Gasteiger partial charge on any atom is 0.225 e. The van der Waals surface area contributed by atoms with Crippen molar-refractivity contribution < 1.29 is 4.74 Å². The first-order valence-electron chi connectivity index (χ1n) is 12.3. The van der Waals surface area contributed by atoms with E-state index >= 15 is 0 Å². The van der Waals surface area contributed by atoms with Gasteiger partial charge in [0.15, 0.2) is 11.4 Å². The summed E-state index contributed by atoms with van der Waals surface area (Å²) in [5.74, 6) is 3.21. The van der Waals surface area contributed by atoms with Crippen molar-refractivity contribution in [2.45, 2.75) is 59.9 Å². The van der Waals surface area contributed by atoms with Crippen LogP contribution in [0.15, 0.2) is 18.5 Å². The number of anilines is 2. The van der Waals surface area contributed by atoms with Crippen molar-refractivity contribution >= 4 is 22.8 Å². The minimum atomic E-state index is 0.605. The lowest BCUT2D eigenvalue weighted by Gasteiger charge is -2.29. The average molecular weight is 452 g/mol. The van der Waals surface area contributed by atoms with Gasteiger partial charge in [-0.1, -0.05) is 12.8 Å². The van der Waals surface area contributed by atoms with Gasteiger partial charge in [-0.25, -0.2) is 15.0 Å². The van der Waals surface area contributed by atoms with Gasteiger partial charge in [0.25, 0.3) is 0 Å². The maximum absolute atomic E-state index is 5.52. The van der Waals surface area contributed by atoms with E-state index in [1.54, 1.807) is 12.4 Å². The van der Waals surface area contributed by atoms with Gasteiger partial charge in [-0.05, 0) is 52.5 Å². The van der Waals surface area contributed by atoms with E-state index in [4.69, 9.17) is 9.72 Å². The molecule has 1 saturated carbocycles. The summed E-state index contributed by atoms with van der Waals surface area (Å²) in [5.41, 5.74) is 3.14. The molecule has 1 aliphatic carbocycles. The van der Waals surface area contributed by atoms with Crippen LogP contribution >= 0.6 is 0 Å². The van der Waals surface area contributed by atoms with Crippen molar-refractivity contribution in [1.82, 2.24) is 24.7 Å². The average Bonchev–Trinajstić information content (AvgIpc) is 3.43. The summed E-state index contributed by atoms with van der Waals surface area (Å²) in [6, 6.07) is 2.27. The van der Waals surface area contributed by atoms with Crippen molar-refractivity contribution in [3.8, 4) is 5.75 Å². The molecule has 0 amide bonds. The first-order valence-corrected chi connectivity index (χ1v) is 12.3. The first-order chi connectivity index (χ1) is 16.0. The molecule has 1 fully saturated rings. The number of hydrogen-bond acceptors (Lipinski definition) is 7. The number of fused-ring (bicyclic) bond motifs is 1. The Balaban J connectivity index is 1.70. The first kappa shape index (κ1) is 23.3. The lowest BCUT2D eigenvalue weighted by atomic mass is 10.1. The van der Waals surface area contributed by atoms with Gasteiger partial charge in [0.2, 0.25) is 5.95 Å². The van der Waals surface area contributed by atoms with Crippen LogP contribution in [0.2, 0.25) is 0 Å². The Morgan fingerprint density at radius 3 is 2.39 bits per heavy atom. The quantitative estimate of drug-likeness (QED) is 0.449. The largest absolute Gasteiger partial charge is 0.491 e. The van der Waals surface area contributed by atoms with Crippen molar-refractivity contribution in [3.63, 3.8) is 0 Å². The molecule has 0 aromatic carbocycles. The number of rotatable bonds is 10. The fraction of sp³-hybridized carbons (Fsp3) is 0.600. The van der Waals surface area contributed by atoms with Crippen LogP contribution in [-0.4, -0.2) is 51.0 Å². The van der Waals surface area contributed by atoms with E-state index in [9.17, 15) is 0 Å². The molecule has 0 saturated heterocycles. The second-order valence-corrected chi connectivity index (χ2v) is 8.91. The molecular formula is C25H37N7O. The molecule has 33 heavy (non-hydrogen) atoms. The topological polar surface area (TPSA) is 72.2 Å². The van der Waals surface area contributed by atoms with Gasteiger partial charge < -0.3 is 14.5 Å². The molecule has 0 atom stereocenters. The van der Waals surface area contributed by atoms with Gasteiger partial charge in [0.1, 0.15) is 5.82 Å². The normalized spacial score (nSPS) is 14.2. The minimum Gasteiger partial charge on any atom is -0.491 e. The third-order valence-corrected chi connectivity index (χ3v) is 6.64. The molecule has 0 radical (unpaired) electrons. The zero-order valence-electron chi connectivity index (χ0n) is 20.7. The third kappa shape index (κ3) is 5.04. The molecule has 178 valence electrons. The van der Waals surface area contributed by atoms with Crippen molar-refractivity contribution in [1.29, 1.82) is 0 Å². The summed E-state index contributed by atoms with van der Waals surface area (Å²) in [4.78, 5) is 18.9. The Hall–Kier alpha value is -2.90. The van der Waals surface area contributed by atoms with Crippen LogP contribution in [0.4, 0.5) is 11.8 Å². The Morgan fingerprint density at radius 2 is 1.76 bits per heavy atom. The fourth-order valence-electron chi connectivity index (χ4n) is 4.88. The van der Waals surface area contributed by atoms with Crippen LogP contribution in [0.1, 0.15) is 57.7 Å². The molecule has 4 rings (SSSR count). The van der Waals surface area contributed by atoms with E-state index in [0.717, 1.165) is 48.1 Å². The predicted molar refractivity (Wildman–Crippen MR) is 133 cm³/mol. The highest BCUT2D eigenvalue weighted by Gasteiger charge is 2.23. The molecule has 1 aliphatic rings. The number of pyridine rings is 1. The summed E-state index contributed by atoms with van der Waals surface area (Å²) in [7, 11) is 1.98. The number of hydrogen-bond donors (Lipinski definition) is 0. The Bertz CT molecular complexity index is 1060. The summed E-state index contributed by atoms with van der Waals surface area (Å²) in [5, 5.41) is 5.74. The van der Waals surface area contributed by atoms with Crippen LogP contribution < -0.4 is 14.5 Å². The number of ether oxygens (including phenoxy) is 1. The van der Waals surface area contributed by atoms with Crippen LogP contribution in [0.25, 0.3) is 11.0 Å². The second kappa shape index (κ2) is 10.4. The SMILES string of the molecule is CCOc1cnc(N(CC)Cc2cc3c(C)nn(C)c3nc2N(CC)CC2CCCC2)nc1. The second-order valence-electron chi connectivity index (χ2n) is 8.91. The summed E-state index contributed by atoms with van der Waals surface area (Å²) >= 11 is 0.